The van der Waals surface area contributed by atoms with E-state index < -0.39 is 0 Å². The molecule has 2 nitrogen and oxygen atoms in total. The number of carbonyl (C=O) groups is 2. The highest BCUT2D eigenvalue weighted by molar-refractivity contribution is 9.10. The molecule has 0 aliphatic carbocycles. The van der Waals surface area contributed by atoms with Crippen LogP contribution in [0.1, 0.15) is 33.2 Å². The van der Waals surface area contributed by atoms with Crippen LogP contribution in [0.4, 0.5) is 0 Å². The van der Waals surface area contributed by atoms with E-state index in [9.17, 15) is 9.59 Å². The van der Waals surface area contributed by atoms with E-state index >= 15 is 0 Å². The van der Waals surface area contributed by atoms with Crippen LogP contribution in [0.5, 0.6) is 0 Å². The van der Waals surface area contributed by atoms with Crippen LogP contribution in [0.3, 0.4) is 0 Å². The number of carbonyl (C=O) groups excluding carboxylic acids is 2. The lowest BCUT2D eigenvalue weighted by Crippen LogP contribution is -2.09. The van der Waals surface area contributed by atoms with Crippen molar-refractivity contribution in [2.24, 2.45) is 0 Å². The second-order valence-corrected chi connectivity index (χ2v) is 8.35. The lowest BCUT2D eigenvalue weighted by Gasteiger charge is -2.06. The van der Waals surface area contributed by atoms with Crippen molar-refractivity contribution in [3.05, 3.63) is 95.6 Å². The van der Waals surface area contributed by atoms with Gasteiger partial charge < -0.3 is 0 Å². The Hall–Kier alpha value is -2.17. The molecule has 3 rings (SSSR count). The number of benzene rings is 3. The van der Waals surface area contributed by atoms with E-state index in [1.807, 2.05) is 85.8 Å². The van der Waals surface area contributed by atoms with Crippen LogP contribution in [-0.4, -0.2) is 16.4 Å². The smallest absolute Gasteiger partial charge is 0.193 e. The van der Waals surface area contributed by atoms with Crippen LogP contribution < -0.4 is 0 Å². The lowest BCUT2D eigenvalue weighted by atomic mass is 10.0. The maximum Gasteiger partial charge on any atom is 0.193 e. The van der Waals surface area contributed by atoms with Gasteiger partial charge in [0.25, 0.3) is 0 Å². The zero-order valence-corrected chi connectivity index (χ0v) is 16.6. The standard InChI is InChI=1S/C22H17BrO2S/c1-15(23)21(24)17-7-11-19(12-8-17)26-20-13-9-18(10-14-20)22(25)16-5-3-2-4-6-16/h2-15H,1H3. The Morgan fingerprint density at radius 2 is 1.19 bits per heavy atom. The number of hydrogen-bond donors (Lipinski definition) is 0. The number of hydrogen-bond acceptors (Lipinski definition) is 3. The summed E-state index contributed by atoms with van der Waals surface area (Å²) in [4.78, 5) is 26.3. The molecule has 0 saturated carbocycles. The summed E-state index contributed by atoms with van der Waals surface area (Å²) in [5.41, 5.74) is 2.06. The molecule has 130 valence electrons. The van der Waals surface area contributed by atoms with E-state index in [-0.39, 0.29) is 16.4 Å². The molecule has 0 saturated heterocycles. The van der Waals surface area contributed by atoms with E-state index in [1.54, 1.807) is 11.8 Å². The van der Waals surface area contributed by atoms with E-state index in [2.05, 4.69) is 15.9 Å². The molecule has 4 heteroatoms. The van der Waals surface area contributed by atoms with Gasteiger partial charge >= 0.3 is 0 Å². The Labute approximate surface area is 165 Å². The van der Waals surface area contributed by atoms with Crippen LogP contribution in [0.15, 0.2) is 88.7 Å². The zero-order valence-electron chi connectivity index (χ0n) is 14.2. The van der Waals surface area contributed by atoms with Gasteiger partial charge in [-0.25, -0.2) is 0 Å². The highest BCUT2D eigenvalue weighted by atomic mass is 79.9. The first kappa shape index (κ1) is 18.6. The van der Waals surface area contributed by atoms with Crippen LogP contribution in [-0.2, 0) is 0 Å². The molecule has 0 N–H and O–H groups in total. The van der Waals surface area contributed by atoms with E-state index in [0.717, 1.165) is 9.79 Å². The normalized spacial score (nSPS) is 11.8. The molecule has 0 aromatic heterocycles. The first-order valence-corrected chi connectivity index (χ1v) is 9.94. The molecule has 0 spiro atoms. The summed E-state index contributed by atoms with van der Waals surface area (Å²) in [7, 11) is 0. The fraction of sp³-hybridized carbons (Fsp3) is 0.0909. The Balaban J connectivity index is 1.70. The Morgan fingerprint density at radius 1 is 0.731 bits per heavy atom. The average molecular weight is 425 g/mol. The second kappa shape index (κ2) is 8.47. The SMILES string of the molecule is CC(Br)C(=O)c1ccc(Sc2ccc(C(=O)c3ccccc3)cc2)cc1. The van der Waals surface area contributed by atoms with Gasteiger partial charge in [-0.05, 0) is 43.3 Å². The van der Waals surface area contributed by atoms with Crippen molar-refractivity contribution in [3.63, 3.8) is 0 Å². The molecular weight excluding hydrogens is 408 g/mol. The second-order valence-electron chi connectivity index (χ2n) is 5.83. The fourth-order valence-electron chi connectivity index (χ4n) is 2.48. The lowest BCUT2D eigenvalue weighted by molar-refractivity contribution is 0.0994. The summed E-state index contributed by atoms with van der Waals surface area (Å²) in [6, 6.07) is 24.4. The Morgan fingerprint density at radius 3 is 1.69 bits per heavy atom. The minimum absolute atomic E-state index is 0.0221. The van der Waals surface area contributed by atoms with Crippen LogP contribution in [0.25, 0.3) is 0 Å². The largest absolute Gasteiger partial charge is 0.293 e. The summed E-state index contributed by atoms with van der Waals surface area (Å²) in [5, 5.41) is 0. The predicted molar refractivity (Wildman–Crippen MR) is 110 cm³/mol. The van der Waals surface area contributed by atoms with Crippen molar-refractivity contribution < 1.29 is 9.59 Å². The monoisotopic (exact) mass is 424 g/mol. The zero-order chi connectivity index (χ0) is 18.5. The summed E-state index contributed by atoms with van der Waals surface area (Å²) >= 11 is 4.90. The highest BCUT2D eigenvalue weighted by Gasteiger charge is 2.12. The first-order valence-electron chi connectivity index (χ1n) is 8.20. The number of halogens is 1. The molecule has 0 amide bonds. The number of rotatable bonds is 6. The van der Waals surface area contributed by atoms with Gasteiger partial charge in [-0.1, -0.05) is 70.2 Å². The maximum absolute atomic E-state index is 12.4. The number of ketones is 2. The van der Waals surface area contributed by atoms with Crippen molar-refractivity contribution in [1.82, 2.24) is 0 Å². The van der Waals surface area contributed by atoms with Crippen molar-refractivity contribution in [3.8, 4) is 0 Å². The van der Waals surface area contributed by atoms with E-state index in [4.69, 9.17) is 0 Å². The molecule has 26 heavy (non-hydrogen) atoms. The maximum atomic E-state index is 12.4. The third kappa shape index (κ3) is 4.51. The third-order valence-electron chi connectivity index (χ3n) is 3.89. The molecule has 0 aliphatic rings. The minimum Gasteiger partial charge on any atom is -0.293 e. The third-order valence-corrected chi connectivity index (χ3v) is 5.32. The molecule has 0 heterocycles. The van der Waals surface area contributed by atoms with E-state index in [1.165, 1.54) is 0 Å². The van der Waals surface area contributed by atoms with Gasteiger partial charge in [0.2, 0.25) is 0 Å². The Kier molecular flexibility index (Phi) is 6.07. The highest BCUT2D eigenvalue weighted by Crippen LogP contribution is 2.28. The molecule has 3 aromatic rings. The van der Waals surface area contributed by atoms with Crippen LogP contribution >= 0.6 is 27.7 Å². The molecule has 1 unspecified atom stereocenters. The van der Waals surface area contributed by atoms with Gasteiger partial charge in [-0.15, -0.1) is 0 Å². The van der Waals surface area contributed by atoms with Crippen molar-refractivity contribution in [1.29, 1.82) is 0 Å². The Bertz CT molecular complexity index is 901. The molecule has 3 aromatic carbocycles. The topological polar surface area (TPSA) is 34.1 Å². The van der Waals surface area contributed by atoms with Crippen LogP contribution in [0, 0.1) is 0 Å². The predicted octanol–water partition coefficient (Wildman–Crippen LogP) is 6.03. The van der Waals surface area contributed by atoms with Gasteiger partial charge in [-0.3, -0.25) is 9.59 Å². The summed E-state index contributed by atoms with van der Waals surface area (Å²) in [6.07, 6.45) is 0. The van der Waals surface area contributed by atoms with Gasteiger partial charge in [0.15, 0.2) is 11.6 Å². The van der Waals surface area contributed by atoms with Gasteiger partial charge in [-0.2, -0.15) is 0 Å². The fourth-order valence-corrected chi connectivity index (χ4v) is 3.56. The molecule has 0 fully saturated rings. The molecule has 0 aliphatic heterocycles. The number of Topliss-reactive ketones (excluding diaryl/α,β-unsaturated/α-hetero) is 1. The van der Waals surface area contributed by atoms with Crippen LogP contribution in [0.2, 0.25) is 0 Å². The quantitative estimate of drug-likeness (QED) is 0.357. The molecule has 0 radical (unpaired) electrons. The number of alkyl halides is 1. The van der Waals surface area contributed by atoms with Crippen molar-refractivity contribution in [2.45, 2.75) is 21.5 Å². The molecular formula is C22H17BrO2S. The average Bonchev–Trinajstić information content (AvgIpc) is 2.68. The first-order chi connectivity index (χ1) is 12.5. The minimum atomic E-state index is -0.185. The van der Waals surface area contributed by atoms with Crippen molar-refractivity contribution in [2.75, 3.05) is 0 Å². The van der Waals surface area contributed by atoms with E-state index in [0.29, 0.717) is 16.7 Å². The summed E-state index contributed by atoms with van der Waals surface area (Å²) in [5.74, 6) is 0.0965. The molecule has 0 bridgehead atoms. The van der Waals surface area contributed by atoms with Gasteiger partial charge in [0.1, 0.15) is 0 Å². The van der Waals surface area contributed by atoms with Crippen molar-refractivity contribution >= 4 is 39.3 Å². The van der Waals surface area contributed by atoms with Gasteiger partial charge in [0.05, 0.1) is 4.83 Å². The molecule has 1 atom stereocenters. The van der Waals surface area contributed by atoms with Gasteiger partial charge in [0, 0.05) is 26.5 Å². The summed E-state index contributed by atoms with van der Waals surface area (Å²) in [6.45, 7) is 1.82. The summed E-state index contributed by atoms with van der Waals surface area (Å²) < 4.78 is 0.